The molecule has 1 N–H and O–H groups in total. The number of amides is 1. The van der Waals surface area contributed by atoms with Crippen LogP contribution in [0, 0.1) is 0 Å². The Morgan fingerprint density at radius 3 is 2.72 bits per heavy atom. The van der Waals surface area contributed by atoms with Gasteiger partial charge in [0.25, 0.3) is 11.5 Å². The highest BCUT2D eigenvalue weighted by Gasteiger charge is 2.23. The number of hydrogen-bond acceptors (Lipinski definition) is 7. The Hall–Kier alpha value is -3.40. The van der Waals surface area contributed by atoms with Gasteiger partial charge in [-0.05, 0) is 74.1 Å². The molecule has 2 heterocycles. The number of thiophene rings is 1. The van der Waals surface area contributed by atoms with Gasteiger partial charge in [0.05, 0.1) is 34.7 Å². The molecule has 1 aliphatic carbocycles. The van der Waals surface area contributed by atoms with Crippen molar-refractivity contribution in [2.75, 3.05) is 12.4 Å². The van der Waals surface area contributed by atoms with Crippen LogP contribution in [-0.2, 0) is 17.6 Å². The Labute approximate surface area is 239 Å². The third kappa shape index (κ3) is 6.43. The highest BCUT2D eigenvalue weighted by Crippen LogP contribution is 2.35. The molecule has 0 radical (unpaired) electrons. The summed E-state index contributed by atoms with van der Waals surface area (Å²) in [5, 5.41) is 5.49. The summed E-state index contributed by atoms with van der Waals surface area (Å²) in [6, 6.07) is 16.9. The Morgan fingerprint density at radius 1 is 1.18 bits per heavy atom. The van der Waals surface area contributed by atoms with Gasteiger partial charge in [0.15, 0.2) is 5.16 Å². The standard InChI is InChI=1S/C29H27ClN4O3S2/c1-2-37-22-14-12-21(13-15-22)34-28(36)26-23-10-6-7-11-24(23)39-27(26)32-29(34)38-18-25(35)33-31-17-20(30)16-19-8-4-3-5-9-19/h3-5,8-9,12-17H,2,6-7,10-11,18H2,1H3,(H,33,35). The molecule has 1 amide bonds. The fourth-order valence-electron chi connectivity index (χ4n) is 4.44. The van der Waals surface area contributed by atoms with Gasteiger partial charge in [-0.1, -0.05) is 53.7 Å². The fourth-order valence-corrected chi connectivity index (χ4v) is 6.73. The highest BCUT2D eigenvalue weighted by molar-refractivity contribution is 7.99. The van der Waals surface area contributed by atoms with Gasteiger partial charge in [-0.25, -0.2) is 10.4 Å². The lowest BCUT2D eigenvalue weighted by molar-refractivity contribution is -0.118. The number of aryl methyl sites for hydroxylation is 2. The van der Waals surface area contributed by atoms with E-state index in [1.807, 2.05) is 61.5 Å². The zero-order valence-corrected chi connectivity index (χ0v) is 23.7. The molecular weight excluding hydrogens is 552 g/mol. The van der Waals surface area contributed by atoms with Crippen LogP contribution >= 0.6 is 34.7 Å². The summed E-state index contributed by atoms with van der Waals surface area (Å²) in [4.78, 5) is 33.3. The van der Waals surface area contributed by atoms with Crippen molar-refractivity contribution in [2.45, 2.75) is 37.8 Å². The summed E-state index contributed by atoms with van der Waals surface area (Å²) in [5.41, 5.74) is 5.12. The summed E-state index contributed by atoms with van der Waals surface area (Å²) in [6.45, 7) is 2.48. The maximum atomic E-state index is 13.9. The van der Waals surface area contributed by atoms with E-state index in [4.69, 9.17) is 21.3 Å². The minimum atomic E-state index is -0.335. The van der Waals surface area contributed by atoms with E-state index in [9.17, 15) is 9.59 Å². The second-order valence-electron chi connectivity index (χ2n) is 8.87. The van der Waals surface area contributed by atoms with E-state index in [0.717, 1.165) is 47.4 Å². The van der Waals surface area contributed by atoms with Gasteiger partial charge >= 0.3 is 0 Å². The zero-order valence-electron chi connectivity index (χ0n) is 21.4. The van der Waals surface area contributed by atoms with Gasteiger partial charge in [-0.3, -0.25) is 14.2 Å². The summed E-state index contributed by atoms with van der Waals surface area (Å²) < 4.78 is 7.17. The normalized spacial score (nSPS) is 13.5. The quantitative estimate of drug-likeness (QED) is 0.111. The minimum absolute atomic E-state index is 0.0252. The van der Waals surface area contributed by atoms with Crippen molar-refractivity contribution in [3.8, 4) is 11.4 Å². The lowest BCUT2D eigenvalue weighted by Gasteiger charge is -2.14. The van der Waals surface area contributed by atoms with E-state index in [1.54, 1.807) is 22.0 Å². The molecule has 1 aliphatic rings. The molecule has 200 valence electrons. The first kappa shape index (κ1) is 27.2. The number of carbonyl (C=O) groups is 1. The topological polar surface area (TPSA) is 85.6 Å². The van der Waals surface area contributed by atoms with Gasteiger partial charge in [-0.15, -0.1) is 11.3 Å². The van der Waals surface area contributed by atoms with Gasteiger partial charge in [0, 0.05) is 4.88 Å². The van der Waals surface area contributed by atoms with Crippen molar-refractivity contribution in [3.63, 3.8) is 0 Å². The number of halogens is 1. The van der Waals surface area contributed by atoms with Crippen LogP contribution in [0.1, 0.15) is 35.8 Å². The molecule has 10 heteroatoms. The number of rotatable bonds is 9. The third-order valence-electron chi connectivity index (χ3n) is 6.18. The largest absolute Gasteiger partial charge is 0.494 e. The van der Waals surface area contributed by atoms with E-state index in [0.29, 0.717) is 27.9 Å². The predicted molar refractivity (Wildman–Crippen MR) is 161 cm³/mol. The van der Waals surface area contributed by atoms with E-state index in [1.165, 1.54) is 22.9 Å². The molecule has 0 bridgehead atoms. The average molecular weight is 579 g/mol. The van der Waals surface area contributed by atoms with Gasteiger partial charge < -0.3 is 4.74 Å². The predicted octanol–water partition coefficient (Wildman–Crippen LogP) is 6.20. The molecule has 5 rings (SSSR count). The molecule has 4 aromatic rings. The third-order valence-corrected chi connectivity index (χ3v) is 8.51. The first-order chi connectivity index (χ1) is 19.0. The van der Waals surface area contributed by atoms with E-state index < -0.39 is 0 Å². The van der Waals surface area contributed by atoms with Crippen LogP contribution < -0.4 is 15.7 Å². The zero-order chi connectivity index (χ0) is 27.2. The molecule has 0 saturated carbocycles. The Kier molecular flexibility index (Phi) is 8.81. The molecule has 0 aliphatic heterocycles. The Balaban J connectivity index is 1.38. The number of ether oxygens (including phenoxy) is 1. The van der Waals surface area contributed by atoms with E-state index in [2.05, 4.69) is 10.5 Å². The Bertz CT molecular complexity index is 1600. The van der Waals surface area contributed by atoms with Gasteiger partial charge in [0.1, 0.15) is 10.6 Å². The molecule has 0 fully saturated rings. The van der Waals surface area contributed by atoms with Crippen molar-refractivity contribution in [2.24, 2.45) is 5.10 Å². The van der Waals surface area contributed by atoms with Gasteiger partial charge in [0.2, 0.25) is 0 Å². The SMILES string of the molecule is CCOc1ccc(-n2c(SCC(=O)NN=CC(Cl)=Cc3ccccc3)nc3sc4c(c3c2=O)CCCC4)cc1. The first-order valence-electron chi connectivity index (χ1n) is 12.7. The number of carbonyl (C=O) groups excluding carboxylic acids is 1. The maximum absolute atomic E-state index is 13.9. The highest BCUT2D eigenvalue weighted by atomic mass is 35.5. The number of thioether (sulfide) groups is 1. The lowest BCUT2D eigenvalue weighted by Crippen LogP contribution is -2.24. The number of nitrogens with one attached hydrogen (secondary N) is 1. The Morgan fingerprint density at radius 2 is 1.95 bits per heavy atom. The molecular formula is C29H27ClN4O3S2. The molecule has 7 nitrogen and oxygen atoms in total. The number of allylic oxidation sites excluding steroid dienone is 1. The number of benzene rings is 2. The van der Waals surface area contributed by atoms with Crippen LogP contribution in [0.5, 0.6) is 5.75 Å². The monoisotopic (exact) mass is 578 g/mol. The van der Waals surface area contributed by atoms with Gasteiger partial charge in [-0.2, -0.15) is 5.10 Å². The summed E-state index contributed by atoms with van der Waals surface area (Å²) in [7, 11) is 0. The molecule has 0 atom stereocenters. The second-order valence-corrected chi connectivity index (χ2v) is 11.3. The minimum Gasteiger partial charge on any atom is -0.494 e. The second kappa shape index (κ2) is 12.6. The van der Waals surface area contributed by atoms with Crippen LogP contribution in [0.2, 0.25) is 0 Å². The van der Waals surface area contributed by atoms with Crippen molar-refractivity contribution >= 4 is 63.1 Å². The number of fused-ring (bicyclic) bond motifs is 3. The van der Waals surface area contributed by atoms with Crippen LogP contribution in [-0.4, -0.2) is 34.0 Å². The van der Waals surface area contributed by atoms with E-state index in [-0.39, 0.29) is 17.2 Å². The molecule has 0 saturated heterocycles. The number of hydrazone groups is 1. The first-order valence-corrected chi connectivity index (χ1v) is 14.9. The molecule has 2 aromatic heterocycles. The van der Waals surface area contributed by atoms with Crippen LogP contribution in [0.4, 0.5) is 0 Å². The summed E-state index contributed by atoms with van der Waals surface area (Å²) in [6.07, 6.45) is 7.20. The fraction of sp³-hybridized carbons (Fsp3) is 0.241. The number of aromatic nitrogens is 2. The molecule has 2 aromatic carbocycles. The number of hydrogen-bond donors (Lipinski definition) is 1. The van der Waals surface area contributed by atoms with Crippen LogP contribution in [0.25, 0.3) is 22.0 Å². The van der Waals surface area contributed by atoms with Crippen molar-refractivity contribution < 1.29 is 9.53 Å². The lowest BCUT2D eigenvalue weighted by atomic mass is 9.97. The summed E-state index contributed by atoms with van der Waals surface area (Å²) in [5.74, 6) is 0.415. The molecule has 39 heavy (non-hydrogen) atoms. The average Bonchev–Trinajstić information content (AvgIpc) is 3.32. The van der Waals surface area contributed by atoms with Crippen LogP contribution in [0.15, 0.2) is 74.7 Å². The van der Waals surface area contributed by atoms with Crippen LogP contribution in [0.3, 0.4) is 0 Å². The smallest absolute Gasteiger partial charge is 0.267 e. The maximum Gasteiger partial charge on any atom is 0.267 e. The van der Waals surface area contributed by atoms with Crippen molar-refractivity contribution in [1.29, 1.82) is 0 Å². The van der Waals surface area contributed by atoms with Crippen molar-refractivity contribution in [1.82, 2.24) is 15.0 Å². The van der Waals surface area contributed by atoms with Crippen molar-refractivity contribution in [3.05, 3.63) is 86.0 Å². The summed E-state index contributed by atoms with van der Waals surface area (Å²) >= 11 is 8.99. The molecule has 0 spiro atoms. The number of nitrogens with zero attached hydrogens (tertiary/aromatic N) is 3. The molecule has 0 unspecified atom stereocenters. The van der Waals surface area contributed by atoms with E-state index >= 15 is 0 Å².